The highest BCUT2D eigenvalue weighted by atomic mass is 16.6. The molecule has 0 aliphatic heterocycles. The lowest BCUT2D eigenvalue weighted by molar-refractivity contribution is -0.167. The van der Waals surface area contributed by atoms with E-state index in [1.165, 1.54) is 167 Å². The molecule has 1 atom stereocenters. The molecule has 0 aliphatic carbocycles. The zero-order valence-electron chi connectivity index (χ0n) is 40.2. The third kappa shape index (κ3) is 46.9. The molecule has 0 N–H and O–H groups in total. The Bertz CT molecular complexity index is 973. The molecule has 6 heteroatoms. The molecule has 60 heavy (non-hydrogen) atoms. The Labute approximate surface area is 373 Å². The second-order valence-electron chi connectivity index (χ2n) is 17.8. The third-order valence-corrected chi connectivity index (χ3v) is 11.7. The molecular formula is C54H100O6. The van der Waals surface area contributed by atoms with E-state index in [2.05, 4.69) is 45.1 Å². The smallest absolute Gasteiger partial charge is 0.306 e. The van der Waals surface area contributed by atoms with Gasteiger partial charge in [0, 0.05) is 19.3 Å². The summed E-state index contributed by atoms with van der Waals surface area (Å²) in [6.07, 6.45) is 56.0. The van der Waals surface area contributed by atoms with Crippen LogP contribution in [0.2, 0.25) is 0 Å². The van der Waals surface area contributed by atoms with Gasteiger partial charge in [-0.25, -0.2) is 0 Å². The maximum Gasteiger partial charge on any atom is 0.306 e. The van der Waals surface area contributed by atoms with Gasteiger partial charge < -0.3 is 14.2 Å². The van der Waals surface area contributed by atoms with Gasteiger partial charge in [-0.15, -0.1) is 0 Å². The molecule has 0 aromatic carbocycles. The molecule has 0 amide bonds. The number of allylic oxidation sites excluding steroid dienone is 4. The van der Waals surface area contributed by atoms with Gasteiger partial charge in [0.1, 0.15) is 13.2 Å². The predicted octanol–water partition coefficient (Wildman–Crippen LogP) is 17.2. The Balaban J connectivity index is 4.23. The van der Waals surface area contributed by atoms with Gasteiger partial charge in [0.05, 0.1) is 0 Å². The third-order valence-electron chi connectivity index (χ3n) is 11.7. The topological polar surface area (TPSA) is 78.9 Å². The quantitative estimate of drug-likeness (QED) is 0.0263. The van der Waals surface area contributed by atoms with Crippen molar-refractivity contribution in [1.29, 1.82) is 0 Å². The molecule has 0 aromatic rings. The summed E-state index contributed by atoms with van der Waals surface area (Å²) in [6.45, 7) is 6.58. The highest BCUT2D eigenvalue weighted by Crippen LogP contribution is 2.16. The van der Waals surface area contributed by atoms with E-state index in [1.807, 2.05) is 0 Å². The molecule has 0 rings (SSSR count). The zero-order chi connectivity index (χ0) is 43.7. The fourth-order valence-corrected chi connectivity index (χ4v) is 7.64. The van der Waals surface area contributed by atoms with Crippen molar-refractivity contribution >= 4 is 17.9 Å². The summed E-state index contributed by atoms with van der Waals surface area (Å²) in [5, 5.41) is 0. The molecular weight excluding hydrogens is 745 g/mol. The van der Waals surface area contributed by atoms with Crippen molar-refractivity contribution in [1.82, 2.24) is 0 Å². The Hall–Kier alpha value is -2.11. The van der Waals surface area contributed by atoms with Gasteiger partial charge >= 0.3 is 17.9 Å². The van der Waals surface area contributed by atoms with Crippen LogP contribution >= 0.6 is 0 Å². The number of rotatable bonds is 48. The van der Waals surface area contributed by atoms with Crippen molar-refractivity contribution < 1.29 is 28.6 Å². The van der Waals surface area contributed by atoms with Gasteiger partial charge in [0.2, 0.25) is 0 Å². The second-order valence-corrected chi connectivity index (χ2v) is 17.8. The standard InChI is InChI=1S/C54H100O6/c1-4-7-10-13-16-19-22-23-24-25-26-27-28-29-30-33-35-38-41-44-47-53(56)59-50-51(60-54(57)48-45-42-39-36-32-21-18-15-12-9-6-3)49-58-52(55)46-43-40-37-34-31-20-17-14-11-8-5-2/h14-15,17-18,51H,4-13,16,19-50H2,1-3H3/b17-14-,18-15-. The Kier molecular flexibility index (Phi) is 47.8. The second kappa shape index (κ2) is 49.5. The fourth-order valence-electron chi connectivity index (χ4n) is 7.64. The summed E-state index contributed by atoms with van der Waals surface area (Å²) < 4.78 is 16.8. The number of unbranched alkanes of at least 4 members (excludes halogenated alkanes) is 33. The van der Waals surface area contributed by atoms with Crippen molar-refractivity contribution in [3.05, 3.63) is 24.3 Å². The Morgan fingerprint density at radius 2 is 0.567 bits per heavy atom. The molecule has 0 heterocycles. The van der Waals surface area contributed by atoms with Gasteiger partial charge in [0.25, 0.3) is 0 Å². The number of carbonyl (C=O) groups excluding carboxylic acids is 3. The van der Waals surface area contributed by atoms with Gasteiger partial charge in [-0.2, -0.15) is 0 Å². The summed E-state index contributed by atoms with van der Waals surface area (Å²) in [4.78, 5) is 37.9. The van der Waals surface area contributed by atoms with Crippen molar-refractivity contribution in [3.8, 4) is 0 Å². The summed E-state index contributed by atoms with van der Waals surface area (Å²) >= 11 is 0. The largest absolute Gasteiger partial charge is 0.462 e. The van der Waals surface area contributed by atoms with Crippen LogP contribution in [-0.4, -0.2) is 37.2 Å². The van der Waals surface area contributed by atoms with Crippen LogP contribution in [0.1, 0.15) is 284 Å². The van der Waals surface area contributed by atoms with E-state index in [9.17, 15) is 14.4 Å². The van der Waals surface area contributed by atoms with Crippen molar-refractivity contribution in [2.75, 3.05) is 13.2 Å². The predicted molar refractivity (Wildman–Crippen MR) is 256 cm³/mol. The SMILES string of the molecule is CCCC/C=C\CCCCCCCC(=O)OCC(COC(=O)CCCCCCCCCCCCCCCCCCCCCC)OC(=O)CCCCCCC/C=C\CCCC. The lowest BCUT2D eigenvalue weighted by Crippen LogP contribution is -2.30. The first-order valence-corrected chi connectivity index (χ1v) is 26.3. The fraction of sp³-hybridized carbons (Fsp3) is 0.870. The maximum atomic E-state index is 12.7. The number of esters is 3. The first kappa shape index (κ1) is 57.9. The minimum atomic E-state index is -0.773. The van der Waals surface area contributed by atoms with Crippen LogP contribution < -0.4 is 0 Å². The summed E-state index contributed by atoms with van der Waals surface area (Å²) in [7, 11) is 0. The van der Waals surface area contributed by atoms with Crippen molar-refractivity contribution in [3.63, 3.8) is 0 Å². The van der Waals surface area contributed by atoms with E-state index < -0.39 is 6.10 Å². The molecule has 0 saturated carbocycles. The van der Waals surface area contributed by atoms with E-state index in [1.54, 1.807) is 0 Å². The number of hydrogen-bond donors (Lipinski definition) is 0. The Morgan fingerprint density at radius 1 is 0.317 bits per heavy atom. The molecule has 0 aliphatic rings. The summed E-state index contributed by atoms with van der Waals surface area (Å²) in [5.74, 6) is -0.882. The van der Waals surface area contributed by atoms with E-state index in [4.69, 9.17) is 14.2 Å². The summed E-state index contributed by atoms with van der Waals surface area (Å²) in [5.41, 5.74) is 0. The monoisotopic (exact) mass is 845 g/mol. The first-order chi connectivity index (χ1) is 29.5. The lowest BCUT2D eigenvalue weighted by Gasteiger charge is -2.18. The number of ether oxygens (including phenoxy) is 3. The molecule has 1 unspecified atom stereocenters. The van der Waals surface area contributed by atoms with Crippen LogP contribution in [0.5, 0.6) is 0 Å². The van der Waals surface area contributed by atoms with Crippen molar-refractivity contribution in [2.45, 2.75) is 290 Å². The van der Waals surface area contributed by atoms with Crippen LogP contribution in [0.25, 0.3) is 0 Å². The highest BCUT2D eigenvalue weighted by Gasteiger charge is 2.19. The van der Waals surface area contributed by atoms with E-state index >= 15 is 0 Å². The number of hydrogen-bond acceptors (Lipinski definition) is 6. The molecule has 0 saturated heterocycles. The van der Waals surface area contributed by atoms with Gasteiger partial charge in [-0.05, 0) is 57.8 Å². The molecule has 0 aromatic heterocycles. The van der Waals surface area contributed by atoms with Gasteiger partial charge in [-0.3, -0.25) is 14.4 Å². The molecule has 0 spiro atoms. The van der Waals surface area contributed by atoms with E-state index in [0.29, 0.717) is 19.3 Å². The zero-order valence-corrected chi connectivity index (χ0v) is 40.2. The first-order valence-electron chi connectivity index (χ1n) is 26.3. The molecule has 6 nitrogen and oxygen atoms in total. The Morgan fingerprint density at radius 3 is 0.883 bits per heavy atom. The molecule has 0 fully saturated rings. The lowest BCUT2D eigenvalue weighted by atomic mass is 10.0. The van der Waals surface area contributed by atoms with Gasteiger partial charge in [-0.1, -0.05) is 231 Å². The number of carbonyl (C=O) groups is 3. The molecule has 0 bridgehead atoms. The molecule has 352 valence electrons. The van der Waals surface area contributed by atoms with Crippen LogP contribution in [0.3, 0.4) is 0 Å². The van der Waals surface area contributed by atoms with E-state index in [0.717, 1.165) is 77.0 Å². The minimum absolute atomic E-state index is 0.0737. The minimum Gasteiger partial charge on any atom is -0.462 e. The van der Waals surface area contributed by atoms with Crippen molar-refractivity contribution in [2.24, 2.45) is 0 Å². The molecule has 0 radical (unpaired) electrons. The van der Waals surface area contributed by atoms with E-state index in [-0.39, 0.29) is 31.1 Å². The average molecular weight is 845 g/mol. The van der Waals surface area contributed by atoms with Crippen LogP contribution in [0.15, 0.2) is 24.3 Å². The maximum absolute atomic E-state index is 12.7. The average Bonchev–Trinajstić information content (AvgIpc) is 3.24. The van der Waals surface area contributed by atoms with Crippen LogP contribution in [0, 0.1) is 0 Å². The van der Waals surface area contributed by atoms with Gasteiger partial charge in [0.15, 0.2) is 6.10 Å². The van der Waals surface area contributed by atoms with Crippen LogP contribution in [0.4, 0.5) is 0 Å². The highest BCUT2D eigenvalue weighted by molar-refractivity contribution is 5.71. The normalized spacial score (nSPS) is 12.1. The van der Waals surface area contributed by atoms with Crippen LogP contribution in [-0.2, 0) is 28.6 Å². The summed E-state index contributed by atoms with van der Waals surface area (Å²) in [6, 6.07) is 0.